The SMILES string of the molecule is COc1ccccc1Oc1ccc(NC(=O)C2CCCN2)cc1.Cl. The number of para-hydroxylation sites is 2. The fraction of sp³-hybridized carbons (Fsp3) is 0.278. The quantitative estimate of drug-likeness (QED) is 0.866. The molecule has 2 aromatic carbocycles. The fourth-order valence-corrected chi connectivity index (χ4v) is 2.57. The Morgan fingerprint density at radius 1 is 1.12 bits per heavy atom. The molecule has 0 radical (unpaired) electrons. The minimum absolute atomic E-state index is 0. The highest BCUT2D eigenvalue weighted by atomic mass is 35.5. The molecule has 1 amide bonds. The molecule has 6 heteroatoms. The number of halogens is 1. The van der Waals surface area contributed by atoms with E-state index >= 15 is 0 Å². The second kappa shape index (κ2) is 8.57. The molecule has 2 aromatic rings. The highest BCUT2D eigenvalue weighted by molar-refractivity contribution is 5.95. The van der Waals surface area contributed by atoms with Gasteiger partial charge < -0.3 is 20.1 Å². The molecule has 5 nitrogen and oxygen atoms in total. The first kappa shape index (κ1) is 18.1. The predicted octanol–water partition coefficient (Wildman–Crippen LogP) is 3.60. The van der Waals surface area contributed by atoms with Gasteiger partial charge in [0.05, 0.1) is 13.2 Å². The summed E-state index contributed by atoms with van der Waals surface area (Å²) in [6.45, 7) is 0.907. The highest BCUT2D eigenvalue weighted by Gasteiger charge is 2.21. The van der Waals surface area contributed by atoms with Gasteiger partial charge in [0.1, 0.15) is 5.75 Å². The Bertz CT molecular complexity index is 670. The number of methoxy groups -OCH3 is 1. The van der Waals surface area contributed by atoms with Crippen LogP contribution in [0.4, 0.5) is 5.69 Å². The van der Waals surface area contributed by atoms with Gasteiger partial charge in [-0.3, -0.25) is 4.79 Å². The fourth-order valence-electron chi connectivity index (χ4n) is 2.57. The van der Waals surface area contributed by atoms with Crippen molar-refractivity contribution >= 4 is 24.0 Å². The number of carbonyl (C=O) groups is 1. The Morgan fingerprint density at radius 3 is 2.46 bits per heavy atom. The first-order valence-corrected chi connectivity index (χ1v) is 7.71. The monoisotopic (exact) mass is 348 g/mol. The van der Waals surface area contributed by atoms with E-state index in [4.69, 9.17) is 9.47 Å². The Labute approximate surface area is 147 Å². The lowest BCUT2D eigenvalue weighted by atomic mass is 10.2. The molecule has 1 atom stereocenters. The van der Waals surface area contributed by atoms with Gasteiger partial charge >= 0.3 is 0 Å². The van der Waals surface area contributed by atoms with Crippen LogP contribution in [0.2, 0.25) is 0 Å². The topological polar surface area (TPSA) is 59.6 Å². The average Bonchev–Trinajstić information content (AvgIpc) is 3.12. The Kier molecular flexibility index (Phi) is 6.46. The molecule has 1 fully saturated rings. The summed E-state index contributed by atoms with van der Waals surface area (Å²) in [4.78, 5) is 12.1. The van der Waals surface area contributed by atoms with Crippen molar-refractivity contribution in [2.24, 2.45) is 0 Å². The Balaban J connectivity index is 0.00000208. The van der Waals surface area contributed by atoms with Crippen LogP contribution in [0.3, 0.4) is 0 Å². The molecule has 0 bridgehead atoms. The molecule has 128 valence electrons. The van der Waals surface area contributed by atoms with Crippen molar-refractivity contribution in [1.29, 1.82) is 0 Å². The number of hydrogen-bond acceptors (Lipinski definition) is 4. The summed E-state index contributed by atoms with van der Waals surface area (Å²) in [6.07, 6.45) is 1.94. The molecule has 0 aromatic heterocycles. The predicted molar refractivity (Wildman–Crippen MR) is 96.4 cm³/mol. The number of anilines is 1. The van der Waals surface area contributed by atoms with Gasteiger partial charge in [0, 0.05) is 5.69 Å². The largest absolute Gasteiger partial charge is 0.493 e. The molecular weight excluding hydrogens is 328 g/mol. The zero-order chi connectivity index (χ0) is 16.1. The first-order valence-electron chi connectivity index (χ1n) is 7.71. The van der Waals surface area contributed by atoms with E-state index in [2.05, 4.69) is 10.6 Å². The summed E-state index contributed by atoms with van der Waals surface area (Å²) in [7, 11) is 1.61. The molecule has 3 rings (SSSR count). The Hall–Kier alpha value is -2.24. The van der Waals surface area contributed by atoms with Crippen molar-refractivity contribution in [3.05, 3.63) is 48.5 Å². The van der Waals surface area contributed by atoms with Crippen LogP contribution in [0.15, 0.2) is 48.5 Å². The van der Waals surface area contributed by atoms with Crippen molar-refractivity contribution < 1.29 is 14.3 Å². The van der Waals surface area contributed by atoms with Crippen molar-refractivity contribution in [3.63, 3.8) is 0 Å². The van der Waals surface area contributed by atoms with Crippen LogP contribution in [-0.4, -0.2) is 25.6 Å². The summed E-state index contributed by atoms with van der Waals surface area (Å²) < 4.78 is 11.1. The van der Waals surface area contributed by atoms with Crippen LogP contribution in [0, 0.1) is 0 Å². The summed E-state index contributed by atoms with van der Waals surface area (Å²) in [5.74, 6) is 2.03. The lowest BCUT2D eigenvalue weighted by molar-refractivity contribution is -0.117. The standard InChI is InChI=1S/C18H20N2O3.ClH/c1-22-16-6-2-3-7-17(16)23-14-10-8-13(9-11-14)20-18(21)15-5-4-12-19-15;/h2-3,6-11,15,19H,4-5,12H2,1H3,(H,20,21);1H. The van der Waals surface area contributed by atoms with Crippen molar-refractivity contribution in [2.75, 3.05) is 19.0 Å². The van der Waals surface area contributed by atoms with Gasteiger partial charge in [-0.2, -0.15) is 0 Å². The van der Waals surface area contributed by atoms with Gasteiger partial charge in [0.2, 0.25) is 5.91 Å². The number of benzene rings is 2. The van der Waals surface area contributed by atoms with Crippen molar-refractivity contribution in [1.82, 2.24) is 5.32 Å². The van der Waals surface area contributed by atoms with Crippen molar-refractivity contribution in [2.45, 2.75) is 18.9 Å². The van der Waals surface area contributed by atoms with E-state index in [9.17, 15) is 4.79 Å². The van der Waals surface area contributed by atoms with Crippen molar-refractivity contribution in [3.8, 4) is 17.2 Å². The molecule has 1 unspecified atom stereocenters. The van der Waals surface area contributed by atoms with E-state index in [0.29, 0.717) is 17.2 Å². The molecule has 1 aliphatic rings. The van der Waals surface area contributed by atoms with E-state index in [1.165, 1.54) is 0 Å². The molecular formula is C18H21ClN2O3. The molecule has 0 saturated carbocycles. The third-order valence-corrected chi connectivity index (χ3v) is 3.80. The van der Waals surface area contributed by atoms with Crippen LogP contribution in [0.1, 0.15) is 12.8 Å². The van der Waals surface area contributed by atoms with E-state index < -0.39 is 0 Å². The molecule has 1 heterocycles. The maximum atomic E-state index is 12.1. The maximum absolute atomic E-state index is 12.1. The van der Waals surface area contributed by atoms with Gasteiger partial charge in [0.25, 0.3) is 0 Å². The number of hydrogen-bond donors (Lipinski definition) is 2. The second-order valence-electron chi connectivity index (χ2n) is 5.42. The van der Waals surface area contributed by atoms with Crippen LogP contribution < -0.4 is 20.1 Å². The lowest BCUT2D eigenvalue weighted by Crippen LogP contribution is -2.35. The smallest absolute Gasteiger partial charge is 0.241 e. The lowest BCUT2D eigenvalue weighted by Gasteiger charge is -2.12. The van der Waals surface area contributed by atoms with Crippen LogP contribution in [-0.2, 0) is 4.79 Å². The van der Waals surface area contributed by atoms with Crippen LogP contribution in [0.25, 0.3) is 0 Å². The van der Waals surface area contributed by atoms with Gasteiger partial charge in [-0.05, 0) is 55.8 Å². The minimum atomic E-state index is -0.0838. The van der Waals surface area contributed by atoms with E-state index in [-0.39, 0.29) is 24.4 Å². The summed E-state index contributed by atoms with van der Waals surface area (Å²) in [5, 5.41) is 6.10. The molecule has 0 spiro atoms. The van der Waals surface area contributed by atoms with E-state index in [1.807, 2.05) is 48.5 Å². The normalized spacial score (nSPS) is 16.1. The third kappa shape index (κ3) is 4.40. The first-order chi connectivity index (χ1) is 11.3. The second-order valence-corrected chi connectivity index (χ2v) is 5.42. The number of carbonyl (C=O) groups excluding carboxylic acids is 1. The summed E-state index contributed by atoms with van der Waals surface area (Å²) in [5.41, 5.74) is 0.760. The van der Waals surface area contributed by atoms with Gasteiger partial charge in [0.15, 0.2) is 11.5 Å². The average molecular weight is 349 g/mol. The molecule has 1 saturated heterocycles. The zero-order valence-corrected chi connectivity index (χ0v) is 14.3. The number of ether oxygens (including phenoxy) is 2. The van der Waals surface area contributed by atoms with Gasteiger partial charge in [-0.15, -0.1) is 12.4 Å². The molecule has 24 heavy (non-hydrogen) atoms. The highest BCUT2D eigenvalue weighted by Crippen LogP contribution is 2.31. The number of rotatable bonds is 5. The van der Waals surface area contributed by atoms with Gasteiger partial charge in [-0.1, -0.05) is 12.1 Å². The minimum Gasteiger partial charge on any atom is -0.493 e. The van der Waals surface area contributed by atoms with Gasteiger partial charge in [-0.25, -0.2) is 0 Å². The zero-order valence-electron chi connectivity index (χ0n) is 13.5. The van der Waals surface area contributed by atoms with Crippen LogP contribution >= 0.6 is 12.4 Å². The molecule has 0 aliphatic carbocycles. The summed E-state index contributed by atoms with van der Waals surface area (Å²) >= 11 is 0. The van der Waals surface area contributed by atoms with Crippen LogP contribution in [0.5, 0.6) is 17.2 Å². The van der Waals surface area contributed by atoms with E-state index in [1.54, 1.807) is 7.11 Å². The van der Waals surface area contributed by atoms with E-state index in [0.717, 1.165) is 25.1 Å². The molecule has 1 aliphatic heterocycles. The Morgan fingerprint density at radius 2 is 1.83 bits per heavy atom. The molecule has 2 N–H and O–H groups in total. The maximum Gasteiger partial charge on any atom is 0.241 e. The third-order valence-electron chi connectivity index (χ3n) is 3.80. The summed E-state index contributed by atoms with van der Waals surface area (Å²) in [6, 6.07) is 14.7. The number of nitrogens with one attached hydrogen (secondary N) is 2. The number of amides is 1.